The molecule has 3 rings (SSSR count). The molecule has 1 N–H and O–H groups in total. The highest BCUT2D eigenvalue weighted by molar-refractivity contribution is 7.92. The SMILES string of the molecule is CCCN1CCCN(C(=O)c2cc(NS(=O)(=O)c3ccc(OC)c(OC)c3)ccc2Cl)CC1. The summed E-state index contributed by atoms with van der Waals surface area (Å²) in [5.41, 5.74) is 0.521. The van der Waals surface area contributed by atoms with Gasteiger partial charge in [0.05, 0.1) is 29.7 Å². The molecule has 1 amide bonds. The van der Waals surface area contributed by atoms with E-state index >= 15 is 0 Å². The molecular formula is C23H30ClN3O5S. The van der Waals surface area contributed by atoms with Gasteiger partial charge in [-0.3, -0.25) is 9.52 Å². The van der Waals surface area contributed by atoms with Crippen LogP contribution in [0.25, 0.3) is 0 Å². The molecule has 10 heteroatoms. The number of carbonyl (C=O) groups is 1. The zero-order valence-electron chi connectivity index (χ0n) is 19.1. The molecular weight excluding hydrogens is 466 g/mol. The summed E-state index contributed by atoms with van der Waals surface area (Å²) in [6, 6.07) is 8.86. The van der Waals surface area contributed by atoms with Crippen molar-refractivity contribution in [3.63, 3.8) is 0 Å². The highest BCUT2D eigenvalue weighted by Gasteiger charge is 2.23. The number of halogens is 1. The van der Waals surface area contributed by atoms with Gasteiger partial charge >= 0.3 is 0 Å². The molecule has 0 radical (unpaired) electrons. The lowest BCUT2D eigenvalue weighted by Gasteiger charge is -2.22. The van der Waals surface area contributed by atoms with Crippen molar-refractivity contribution in [1.82, 2.24) is 9.80 Å². The van der Waals surface area contributed by atoms with Crippen LogP contribution >= 0.6 is 11.6 Å². The van der Waals surface area contributed by atoms with E-state index in [0.29, 0.717) is 24.6 Å². The third-order valence-corrected chi connectivity index (χ3v) is 7.24. The summed E-state index contributed by atoms with van der Waals surface area (Å²) in [6.45, 7) is 6.16. The van der Waals surface area contributed by atoms with Gasteiger partial charge in [-0.2, -0.15) is 0 Å². The highest BCUT2D eigenvalue weighted by atomic mass is 35.5. The van der Waals surface area contributed by atoms with Crippen LogP contribution in [0.5, 0.6) is 11.5 Å². The molecule has 2 aromatic carbocycles. The van der Waals surface area contributed by atoms with Crippen LogP contribution < -0.4 is 14.2 Å². The van der Waals surface area contributed by atoms with Crippen molar-refractivity contribution in [3.05, 3.63) is 47.0 Å². The minimum atomic E-state index is -3.93. The lowest BCUT2D eigenvalue weighted by Crippen LogP contribution is -2.35. The molecule has 8 nitrogen and oxygen atoms in total. The lowest BCUT2D eigenvalue weighted by atomic mass is 10.1. The number of carbonyl (C=O) groups excluding carboxylic acids is 1. The first-order valence-electron chi connectivity index (χ1n) is 10.8. The molecule has 1 aliphatic rings. The van der Waals surface area contributed by atoms with Crippen molar-refractivity contribution in [2.45, 2.75) is 24.7 Å². The molecule has 1 aliphatic heterocycles. The average molecular weight is 496 g/mol. The summed E-state index contributed by atoms with van der Waals surface area (Å²) in [5.74, 6) is 0.516. The molecule has 1 heterocycles. The Labute approximate surface area is 200 Å². The van der Waals surface area contributed by atoms with E-state index in [-0.39, 0.29) is 27.1 Å². The summed E-state index contributed by atoms with van der Waals surface area (Å²) < 4.78 is 38.8. The van der Waals surface area contributed by atoms with Crippen molar-refractivity contribution >= 4 is 33.2 Å². The summed E-state index contributed by atoms with van der Waals surface area (Å²) in [4.78, 5) is 17.3. The van der Waals surface area contributed by atoms with Gasteiger partial charge in [-0.05, 0) is 56.3 Å². The Morgan fingerprint density at radius 1 is 1.03 bits per heavy atom. The second-order valence-corrected chi connectivity index (χ2v) is 9.89. The maximum absolute atomic E-state index is 13.2. The fourth-order valence-electron chi connectivity index (χ4n) is 3.83. The summed E-state index contributed by atoms with van der Waals surface area (Å²) in [5, 5.41) is 0.281. The van der Waals surface area contributed by atoms with Crippen molar-refractivity contribution in [1.29, 1.82) is 0 Å². The highest BCUT2D eigenvalue weighted by Crippen LogP contribution is 2.31. The molecule has 33 heavy (non-hydrogen) atoms. The van der Waals surface area contributed by atoms with E-state index in [1.165, 1.54) is 50.6 Å². The fraction of sp³-hybridized carbons (Fsp3) is 0.435. The number of rotatable bonds is 8. The number of benzene rings is 2. The maximum atomic E-state index is 13.2. The number of sulfonamides is 1. The Hall–Kier alpha value is -2.49. The largest absolute Gasteiger partial charge is 0.493 e. The van der Waals surface area contributed by atoms with E-state index < -0.39 is 10.0 Å². The van der Waals surface area contributed by atoms with Crippen LogP contribution in [0.4, 0.5) is 5.69 Å². The van der Waals surface area contributed by atoms with Crippen LogP contribution in [0.2, 0.25) is 5.02 Å². The van der Waals surface area contributed by atoms with Crippen LogP contribution in [-0.2, 0) is 10.0 Å². The van der Waals surface area contributed by atoms with Gasteiger partial charge in [0.15, 0.2) is 11.5 Å². The molecule has 0 unspecified atom stereocenters. The maximum Gasteiger partial charge on any atom is 0.262 e. The van der Waals surface area contributed by atoms with Crippen LogP contribution in [0, 0.1) is 0 Å². The predicted octanol–water partition coefficient (Wildman–Crippen LogP) is 3.72. The first-order chi connectivity index (χ1) is 15.8. The van der Waals surface area contributed by atoms with Gasteiger partial charge < -0.3 is 19.3 Å². The van der Waals surface area contributed by atoms with Gasteiger partial charge in [0.1, 0.15) is 0 Å². The summed E-state index contributed by atoms with van der Waals surface area (Å²) >= 11 is 6.33. The van der Waals surface area contributed by atoms with Crippen LogP contribution in [0.1, 0.15) is 30.1 Å². The fourth-order valence-corrected chi connectivity index (χ4v) is 5.10. The topological polar surface area (TPSA) is 88.2 Å². The van der Waals surface area contributed by atoms with Crippen LogP contribution in [0.3, 0.4) is 0 Å². The number of amides is 1. The van der Waals surface area contributed by atoms with E-state index in [9.17, 15) is 13.2 Å². The Bertz CT molecular complexity index is 1090. The van der Waals surface area contributed by atoms with E-state index in [0.717, 1.165) is 32.5 Å². The van der Waals surface area contributed by atoms with Gasteiger partial charge in [-0.15, -0.1) is 0 Å². The Balaban J connectivity index is 1.80. The molecule has 0 aromatic heterocycles. The van der Waals surface area contributed by atoms with Crippen LogP contribution in [-0.4, -0.2) is 71.1 Å². The zero-order chi connectivity index (χ0) is 24.0. The quantitative estimate of drug-likeness (QED) is 0.600. The average Bonchev–Trinajstić information content (AvgIpc) is 3.05. The number of hydrogen-bond acceptors (Lipinski definition) is 6. The molecule has 1 saturated heterocycles. The molecule has 2 aromatic rings. The molecule has 1 fully saturated rings. The van der Waals surface area contributed by atoms with Crippen LogP contribution in [0.15, 0.2) is 41.3 Å². The van der Waals surface area contributed by atoms with E-state index in [4.69, 9.17) is 21.1 Å². The Kier molecular flexibility index (Phi) is 8.45. The molecule has 0 aliphatic carbocycles. The van der Waals surface area contributed by atoms with Gasteiger partial charge in [0.25, 0.3) is 15.9 Å². The normalized spacial score (nSPS) is 15.1. The Morgan fingerprint density at radius 3 is 2.48 bits per heavy atom. The lowest BCUT2D eigenvalue weighted by molar-refractivity contribution is 0.0761. The predicted molar refractivity (Wildman–Crippen MR) is 129 cm³/mol. The third kappa shape index (κ3) is 6.10. The molecule has 0 spiro atoms. The van der Waals surface area contributed by atoms with E-state index in [1.54, 1.807) is 4.90 Å². The second kappa shape index (κ2) is 11.1. The zero-order valence-corrected chi connectivity index (χ0v) is 20.7. The second-order valence-electron chi connectivity index (χ2n) is 7.80. The van der Waals surface area contributed by atoms with Gasteiger partial charge in [-0.1, -0.05) is 18.5 Å². The third-order valence-electron chi connectivity index (χ3n) is 5.53. The van der Waals surface area contributed by atoms with E-state index in [2.05, 4.69) is 16.5 Å². The number of nitrogens with zero attached hydrogens (tertiary/aromatic N) is 2. The van der Waals surface area contributed by atoms with Gasteiger partial charge in [0.2, 0.25) is 0 Å². The van der Waals surface area contributed by atoms with Crippen molar-refractivity contribution < 1.29 is 22.7 Å². The van der Waals surface area contributed by atoms with Crippen molar-refractivity contribution in [2.75, 3.05) is 51.7 Å². The smallest absolute Gasteiger partial charge is 0.262 e. The Morgan fingerprint density at radius 2 is 1.79 bits per heavy atom. The molecule has 180 valence electrons. The number of ether oxygens (including phenoxy) is 2. The van der Waals surface area contributed by atoms with Crippen molar-refractivity contribution in [2.24, 2.45) is 0 Å². The number of methoxy groups -OCH3 is 2. The number of nitrogens with one attached hydrogen (secondary N) is 1. The minimum Gasteiger partial charge on any atom is -0.493 e. The number of hydrogen-bond donors (Lipinski definition) is 1. The monoisotopic (exact) mass is 495 g/mol. The number of anilines is 1. The minimum absolute atomic E-state index is 0.00603. The first-order valence-corrected chi connectivity index (χ1v) is 12.7. The van der Waals surface area contributed by atoms with Gasteiger partial charge in [0, 0.05) is 31.4 Å². The summed E-state index contributed by atoms with van der Waals surface area (Å²) in [6.07, 6.45) is 1.96. The molecule has 0 bridgehead atoms. The van der Waals surface area contributed by atoms with Crippen molar-refractivity contribution in [3.8, 4) is 11.5 Å². The summed E-state index contributed by atoms with van der Waals surface area (Å²) in [7, 11) is -1.02. The van der Waals surface area contributed by atoms with Gasteiger partial charge in [-0.25, -0.2) is 8.42 Å². The first kappa shape index (κ1) is 25.1. The standard InChI is InChI=1S/C23H30ClN3O5S/c1-4-10-26-11-5-12-27(14-13-26)23(28)19-15-17(6-8-20(19)24)25-33(29,30)18-7-9-21(31-2)22(16-18)32-3/h6-9,15-16,25H,4-5,10-14H2,1-3H3. The molecule has 0 atom stereocenters. The molecule has 0 saturated carbocycles. The van der Waals surface area contributed by atoms with E-state index in [1.807, 2.05) is 0 Å².